The van der Waals surface area contributed by atoms with E-state index in [9.17, 15) is 9.90 Å². The maximum absolute atomic E-state index is 15.3. The number of aromatic nitrogens is 2. The molecular weight excluding hydrogens is 558 g/mol. The van der Waals surface area contributed by atoms with Gasteiger partial charge in [-0.2, -0.15) is 5.10 Å². The van der Waals surface area contributed by atoms with E-state index >= 15 is 8.78 Å². The molecule has 2 N–H and O–H groups in total. The topological polar surface area (TPSA) is 103 Å². The van der Waals surface area contributed by atoms with Gasteiger partial charge in [0, 0.05) is 40.4 Å². The molecule has 2 atom stereocenters. The van der Waals surface area contributed by atoms with Crippen LogP contribution in [0, 0.1) is 18.6 Å². The number of hydrogen-bond acceptors (Lipinski definition) is 6. The summed E-state index contributed by atoms with van der Waals surface area (Å²) in [6.45, 7) is 5.81. The molecule has 1 aliphatic carbocycles. The molecule has 6 rings (SSSR count). The highest BCUT2D eigenvalue weighted by Crippen LogP contribution is 2.45. The Bertz CT molecular complexity index is 1690. The van der Waals surface area contributed by atoms with Crippen LogP contribution >= 0.6 is 0 Å². The third kappa shape index (κ3) is 5.92. The van der Waals surface area contributed by atoms with Crippen LogP contribution in [0.2, 0.25) is 0 Å². The standard InChI is InChI=1S/C33H32F2N2O6/c1-18-4-8-27(43-32-25(34)10-19(11-26(32)35)21-14-36-37(15-21)17-33(2,3)40)24-7-9-28(31(18)24)42-22-5-6-23-20(12-30(38)39)16-41-29(23)13-22/h4-6,8,10-11,13-15,20,28,40H,7,9,12,16-17H2,1-3H3,(H,38,39)/t20-,28-/m1/s1. The summed E-state index contributed by atoms with van der Waals surface area (Å²) in [5.41, 5.74) is 3.41. The summed E-state index contributed by atoms with van der Waals surface area (Å²) >= 11 is 0. The van der Waals surface area contributed by atoms with Crippen LogP contribution in [0.1, 0.15) is 61.0 Å². The van der Waals surface area contributed by atoms with E-state index in [0.717, 1.165) is 22.3 Å². The van der Waals surface area contributed by atoms with Crippen molar-refractivity contribution >= 4 is 5.97 Å². The van der Waals surface area contributed by atoms with Gasteiger partial charge in [-0.05, 0) is 69.0 Å². The Balaban J connectivity index is 1.21. The van der Waals surface area contributed by atoms with Gasteiger partial charge in [-0.3, -0.25) is 9.48 Å². The first-order valence-electron chi connectivity index (χ1n) is 14.1. The van der Waals surface area contributed by atoms with Crippen LogP contribution in [0.15, 0.2) is 54.9 Å². The zero-order valence-corrected chi connectivity index (χ0v) is 24.1. The molecule has 43 heavy (non-hydrogen) atoms. The lowest BCUT2D eigenvalue weighted by molar-refractivity contribution is -0.137. The molecule has 2 aliphatic rings. The van der Waals surface area contributed by atoms with Crippen LogP contribution in [-0.4, -0.2) is 38.2 Å². The highest BCUT2D eigenvalue weighted by atomic mass is 19.1. The zero-order chi connectivity index (χ0) is 30.5. The van der Waals surface area contributed by atoms with E-state index in [4.69, 9.17) is 19.3 Å². The number of carbonyl (C=O) groups is 1. The monoisotopic (exact) mass is 590 g/mol. The minimum Gasteiger partial charge on any atom is -0.492 e. The molecule has 0 saturated heterocycles. The van der Waals surface area contributed by atoms with Gasteiger partial charge in [0.2, 0.25) is 0 Å². The van der Waals surface area contributed by atoms with Gasteiger partial charge in [-0.25, -0.2) is 8.78 Å². The van der Waals surface area contributed by atoms with Crippen molar-refractivity contribution in [3.63, 3.8) is 0 Å². The van der Waals surface area contributed by atoms with Crippen LogP contribution in [0.25, 0.3) is 11.1 Å². The van der Waals surface area contributed by atoms with E-state index in [1.807, 2.05) is 25.1 Å². The van der Waals surface area contributed by atoms with Gasteiger partial charge in [0.15, 0.2) is 17.4 Å². The lowest BCUT2D eigenvalue weighted by atomic mass is 9.98. The molecule has 10 heteroatoms. The summed E-state index contributed by atoms with van der Waals surface area (Å²) in [7, 11) is 0. The molecule has 0 unspecified atom stereocenters. The number of aliphatic carboxylic acids is 1. The van der Waals surface area contributed by atoms with E-state index in [0.29, 0.717) is 47.8 Å². The maximum Gasteiger partial charge on any atom is 0.304 e. The van der Waals surface area contributed by atoms with Crippen LogP contribution in [0.5, 0.6) is 23.0 Å². The van der Waals surface area contributed by atoms with Crippen molar-refractivity contribution in [3.8, 4) is 34.1 Å². The van der Waals surface area contributed by atoms with Gasteiger partial charge >= 0.3 is 5.97 Å². The van der Waals surface area contributed by atoms with Crippen molar-refractivity contribution in [2.75, 3.05) is 6.61 Å². The molecule has 0 saturated carbocycles. The second-order valence-electron chi connectivity index (χ2n) is 11.8. The molecule has 1 aromatic heterocycles. The molecule has 0 spiro atoms. The molecule has 3 aromatic carbocycles. The van der Waals surface area contributed by atoms with E-state index < -0.39 is 29.0 Å². The number of fused-ring (bicyclic) bond motifs is 2. The van der Waals surface area contributed by atoms with E-state index in [-0.39, 0.29) is 25.0 Å². The first-order chi connectivity index (χ1) is 20.4. The van der Waals surface area contributed by atoms with Gasteiger partial charge in [-0.1, -0.05) is 12.1 Å². The van der Waals surface area contributed by atoms with Gasteiger partial charge < -0.3 is 24.4 Å². The van der Waals surface area contributed by atoms with E-state index in [2.05, 4.69) is 5.10 Å². The molecule has 8 nitrogen and oxygen atoms in total. The average Bonchev–Trinajstić information content (AvgIpc) is 3.66. The summed E-state index contributed by atoms with van der Waals surface area (Å²) in [5, 5.41) is 23.4. The van der Waals surface area contributed by atoms with Crippen molar-refractivity contribution < 1.29 is 38.0 Å². The Morgan fingerprint density at radius 2 is 1.91 bits per heavy atom. The predicted molar refractivity (Wildman–Crippen MR) is 154 cm³/mol. The number of hydrogen-bond donors (Lipinski definition) is 2. The minimum atomic E-state index is -0.988. The van der Waals surface area contributed by atoms with Crippen LogP contribution in [-0.2, 0) is 17.8 Å². The average molecular weight is 591 g/mol. The Morgan fingerprint density at radius 1 is 1.14 bits per heavy atom. The van der Waals surface area contributed by atoms with E-state index in [1.54, 1.807) is 32.2 Å². The second-order valence-corrected chi connectivity index (χ2v) is 11.8. The molecular formula is C33H32F2N2O6. The van der Waals surface area contributed by atoms with Gasteiger partial charge in [-0.15, -0.1) is 0 Å². The first-order valence-corrected chi connectivity index (χ1v) is 14.1. The number of aliphatic hydroxyl groups is 1. The number of ether oxygens (including phenoxy) is 3. The summed E-state index contributed by atoms with van der Waals surface area (Å²) < 4.78 is 50.0. The molecule has 2 heterocycles. The molecule has 0 bridgehead atoms. The second kappa shape index (κ2) is 11.0. The highest BCUT2D eigenvalue weighted by Gasteiger charge is 2.31. The number of carboxylic acids is 1. The lowest BCUT2D eigenvalue weighted by Crippen LogP contribution is -2.26. The molecule has 224 valence electrons. The molecule has 0 radical (unpaired) electrons. The van der Waals surface area contributed by atoms with Crippen LogP contribution in [0.4, 0.5) is 8.78 Å². The van der Waals surface area contributed by atoms with Gasteiger partial charge in [0.05, 0.1) is 31.4 Å². The molecule has 0 amide bonds. The normalized spacial score (nSPS) is 17.3. The van der Waals surface area contributed by atoms with E-state index in [1.165, 1.54) is 23.0 Å². The Labute approximate surface area is 247 Å². The first kappa shape index (κ1) is 28.7. The summed E-state index contributed by atoms with van der Waals surface area (Å²) in [5.74, 6) is -1.66. The summed E-state index contributed by atoms with van der Waals surface area (Å²) in [6.07, 6.45) is 4.07. The third-order valence-electron chi connectivity index (χ3n) is 7.80. The highest BCUT2D eigenvalue weighted by molar-refractivity contribution is 5.69. The largest absolute Gasteiger partial charge is 0.492 e. The zero-order valence-electron chi connectivity index (χ0n) is 24.1. The van der Waals surface area contributed by atoms with Gasteiger partial charge in [0.1, 0.15) is 23.4 Å². The number of benzene rings is 3. The fourth-order valence-corrected chi connectivity index (χ4v) is 5.91. The van der Waals surface area contributed by atoms with Crippen molar-refractivity contribution in [2.24, 2.45) is 0 Å². The fourth-order valence-electron chi connectivity index (χ4n) is 5.91. The van der Waals surface area contributed by atoms with Crippen LogP contribution < -0.4 is 14.2 Å². The molecule has 0 fully saturated rings. The minimum absolute atomic E-state index is 0.00291. The Hall–Kier alpha value is -4.44. The maximum atomic E-state index is 15.3. The quantitative estimate of drug-likeness (QED) is 0.223. The number of aryl methyl sites for hydroxylation is 1. The smallest absolute Gasteiger partial charge is 0.304 e. The lowest BCUT2D eigenvalue weighted by Gasteiger charge is -2.19. The van der Waals surface area contributed by atoms with Gasteiger partial charge in [0.25, 0.3) is 0 Å². The van der Waals surface area contributed by atoms with Crippen molar-refractivity contribution in [3.05, 3.63) is 88.7 Å². The summed E-state index contributed by atoms with van der Waals surface area (Å²) in [4.78, 5) is 11.2. The number of nitrogens with zero attached hydrogens (tertiary/aromatic N) is 2. The SMILES string of the molecule is Cc1ccc(Oc2c(F)cc(-c3cnn(CC(C)(C)O)c3)cc2F)c2c1[C@H](Oc1ccc3c(c1)OC[C@H]3CC(=O)O)CC2. The Morgan fingerprint density at radius 3 is 2.63 bits per heavy atom. The predicted octanol–water partition coefficient (Wildman–Crippen LogP) is 6.72. The third-order valence-corrected chi connectivity index (χ3v) is 7.80. The number of halogens is 2. The van der Waals surface area contributed by atoms with Crippen molar-refractivity contribution in [1.29, 1.82) is 0 Å². The van der Waals surface area contributed by atoms with Crippen LogP contribution in [0.3, 0.4) is 0 Å². The summed E-state index contributed by atoms with van der Waals surface area (Å²) in [6, 6.07) is 11.4. The van der Waals surface area contributed by atoms with Crippen molar-refractivity contribution in [2.45, 2.75) is 64.2 Å². The fraction of sp³-hybridized carbons (Fsp3) is 0.333. The number of carboxylic acid groups (broad SMARTS) is 1. The van der Waals surface area contributed by atoms with Crippen molar-refractivity contribution in [1.82, 2.24) is 9.78 Å². The number of rotatable bonds is 9. The Kier molecular flexibility index (Phi) is 7.33. The molecule has 1 aliphatic heterocycles. The molecule has 4 aromatic rings.